The maximum atomic E-state index is 12.9. The molecule has 0 saturated carbocycles. The van der Waals surface area contributed by atoms with E-state index in [2.05, 4.69) is 22.0 Å². The first-order valence-corrected chi connectivity index (χ1v) is 9.68. The number of carbonyl (C=O) groups is 2. The monoisotopic (exact) mass is 386 g/mol. The van der Waals surface area contributed by atoms with E-state index in [4.69, 9.17) is 0 Å². The molecule has 4 rings (SSSR count). The third-order valence-electron chi connectivity index (χ3n) is 4.97. The lowest BCUT2D eigenvalue weighted by Crippen LogP contribution is -2.44. The second-order valence-corrected chi connectivity index (χ2v) is 6.96. The molecule has 6 heteroatoms. The van der Waals surface area contributed by atoms with E-state index in [0.717, 1.165) is 24.1 Å². The predicted octanol–water partition coefficient (Wildman–Crippen LogP) is 3.66. The number of amides is 2. The van der Waals surface area contributed by atoms with Gasteiger partial charge in [0.25, 0.3) is 5.91 Å². The van der Waals surface area contributed by atoms with Crippen LogP contribution in [0, 0.1) is 5.92 Å². The van der Waals surface area contributed by atoms with Crippen molar-refractivity contribution in [1.82, 2.24) is 20.6 Å². The quantitative estimate of drug-likeness (QED) is 0.531. The molecule has 2 N–H and O–H groups in total. The van der Waals surface area contributed by atoms with Crippen molar-refractivity contribution in [1.29, 1.82) is 0 Å². The minimum absolute atomic E-state index is 0.110. The first kappa shape index (κ1) is 18.7. The Labute approximate surface area is 169 Å². The van der Waals surface area contributed by atoms with E-state index in [-0.39, 0.29) is 11.8 Å². The molecular formula is C23H22N4O2. The number of carbonyl (C=O) groups excluding carboxylic acids is 2. The van der Waals surface area contributed by atoms with Gasteiger partial charge in [-0.2, -0.15) is 5.10 Å². The van der Waals surface area contributed by atoms with Crippen LogP contribution in [0.1, 0.15) is 29.6 Å². The van der Waals surface area contributed by atoms with Crippen molar-refractivity contribution >= 4 is 11.8 Å². The van der Waals surface area contributed by atoms with Crippen LogP contribution in [0.4, 0.5) is 0 Å². The van der Waals surface area contributed by atoms with Gasteiger partial charge in [0.2, 0.25) is 5.91 Å². The second-order valence-electron chi connectivity index (χ2n) is 6.96. The molecule has 2 aromatic carbocycles. The SMILES string of the molecule is O=C(NNC(=O)C1CC=CCC1)c1cn(-c2ccccc2)nc1-c1ccccc1. The molecule has 0 bridgehead atoms. The van der Waals surface area contributed by atoms with Crippen LogP contribution in [0.25, 0.3) is 16.9 Å². The summed E-state index contributed by atoms with van der Waals surface area (Å²) in [4.78, 5) is 25.2. The van der Waals surface area contributed by atoms with Crippen LogP contribution >= 0.6 is 0 Å². The molecule has 0 fully saturated rings. The molecule has 0 saturated heterocycles. The highest BCUT2D eigenvalue weighted by Crippen LogP contribution is 2.23. The predicted molar refractivity (Wildman–Crippen MR) is 111 cm³/mol. The van der Waals surface area contributed by atoms with Crippen molar-refractivity contribution in [2.75, 3.05) is 0 Å². The maximum Gasteiger partial charge on any atom is 0.273 e. The van der Waals surface area contributed by atoms with E-state index in [9.17, 15) is 9.59 Å². The molecule has 2 amide bonds. The van der Waals surface area contributed by atoms with Crippen molar-refractivity contribution < 1.29 is 9.59 Å². The molecule has 6 nitrogen and oxygen atoms in total. The molecule has 0 radical (unpaired) electrons. The molecule has 0 aliphatic heterocycles. The van der Waals surface area contributed by atoms with Crippen molar-refractivity contribution in [3.8, 4) is 16.9 Å². The van der Waals surface area contributed by atoms with Crippen LogP contribution in [0.2, 0.25) is 0 Å². The molecule has 1 aliphatic rings. The number of nitrogens with one attached hydrogen (secondary N) is 2. The highest BCUT2D eigenvalue weighted by Gasteiger charge is 2.22. The summed E-state index contributed by atoms with van der Waals surface area (Å²) in [5.74, 6) is -0.675. The Hall–Kier alpha value is -3.67. The van der Waals surface area contributed by atoms with Crippen molar-refractivity contribution in [3.05, 3.63) is 84.6 Å². The summed E-state index contributed by atoms with van der Waals surface area (Å²) in [5, 5.41) is 4.62. The number of hydrazine groups is 1. The molecule has 1 aliphatic carbocycles. The van der Waals surface area contributed by atoms with Crippen LogP contribution in [0.3, 0.4) is 0 Å². The average Bonchev–Trinajstić information content (AvgIpc) is 3.25. The smallest absolute Gasteiger partial charge is 0.273 e. The third kappa shape index (κ3) is 4.27. The fourth-order valence-electron chi connectivity index (χ4n) is 3.38. The zero-order valence-corrected chi connectivity index (χ0v) is 15.9. The van der Waals surface area contributed by atoms with Crippen LogP contribution in [0.5, 0.6) is 0 Å². The topological polar surface area (TPSA) is 76.0 Å². The summed E-state index contributed by atoms with van der Waals surface area (Å²) < 4.78 is 1.67. The highest BCUT2D eigenvalue weighted by molar-refractivity contribution is 6.00. The van der Waals surface area contributed by atoms with Crippen molar-refractivity contribution in [3.63, 3.8) is 0 Å². The maximum absolute atomic E-state index is 12.9. The molecule has 3 aromatic rings. The van der Waals surface area contributed by atoms with E-state index >= 15 is 0 Å². The summed E-state index contributed by atoms with van der Waals surface area (Å²) in [5.41, 5.74) is 7.75. The number of hydrogen-bond donors (Lipinski definition) is 2. The first-order valence-electron chi connectivity index (χ1n) is 9.68. The van der Waals surface area contributed by atoms with Gasteiger partial charge in [-0.3, -0.25) is 20.4 Å². The Morgan fingerprint density at radius 3 is 2.34 bits per heavy atom. The van der Waals surface area contributed by atoms with E-state index in [1.54, 1.807) is 10.9 Å². The van der Waals surface area contributed by atoms with E-state index in [1.807, 2.05) is 66.7 Å². The Balaban J connectivity index is 1.58. The van der Waals surface area contributed by atoms with Gasteiger partial charge in [-0.15, -0.1) is 0 Å². The second kappa shape index (κ2) is 8.56. The zero-order valence-electron chi connectivity index (χ0n) is 15.9. The summed E-state index contributed by atoms with van der Waals surface area (Å²) >= 11 is 0. The normalized spacial score (nSPS) is 15.7. The Kier molecular flexibility index (Phi) is 5.52. The van der Waals surface area contributed by atoms with Gasteiger partial charge < -0.3 is 0 Å². The minimum Gasteiger partial charge on any atom is -0.273 e. The minimum atomic E-state index is -0.397. The standard InChI is InChI=1S/C23H22N4O2/c28-22(18-12-6-2-7-13-18)24-25-23(29)20-16-27(19-14-8-3-9-15-19)26-21(20)17-10-4-1-5-11-17/h1-6,8-11,14-16,18H,7,12-13H2,(H,24,28)(H,25,29). The van der Waals surface area contributed by atoms with Gasteiger partial charge in [0.05, 0.1) is 11.3 Å². The Morgan fingerprint density at radius 1 is 0.931 bits per heavy atom. The number of hydrogen-bond acceptors (Lipinski definition) is 3. The number of aromatic nitrogens is 2. The van der Waals surface area contributed by atoms with Crippen molar-refractivity contribution in [2.24, 2.45) is 5.92 Å². The van der Waals surface area contributed by atoms with Gasteiger partial charge in [-0.05, 0) is 31.4 Å². The van der Waals surface area contributed by atoms with Gasteiger partial charge in [0.1, 0.15) is 5.69 Å². The van der Waals surface area contributed by atoms with Gasteiger partial charge in [0, 0.05) is 17.7 Å². The summed E-state index contributed by atoms with van der Waals surface area (Å²) in [6, 6.07) is 19.1. The van der Waals surface area contributed by atoms with Crippen LogP contribution in [-0.4, -0.2) is 21.6 Å². The van der Waals surface area contributed by atoms with E-state index in [0.29, 0.717) is 17.7 Å². The van der Waals surface area contributed by atoms with Crippen LogP contribution in [0.15, 0.2) is 79.0 Å². The number of nitrogens with zero attached hydrogens (tertiary/aromatic N) is 2. The lowest BCUT2D eigenvalue weighted by molar-refractivity contribution is -0.126. The number of benzene rings is 2. The van der Waals surface area contributed by atoms with Gasteiger partial charge in [0.15, 0.2) is 0 Å². The third-order valence-corrected chi connectivity index (χ3v) is 4.97. The zero-order chi connectivity index (χ0) is 20.1. The molecule has 29 heavy (non-hydrogen) atoms. The fourth-order valence-corrected chi connectivity index (χ4v) is 3.38. The van der Waals surface area contributed by atoms with Crippen LogP contribution < -0.4 is 10.9 Å². The lowest BCUT2D eigenvalue weighted by Gasteiger charge is -2.17. The molecule has 1 aromatic heterocycles. The van der Waals surface area contributed by atoms with Gasteiger partial charge in [-0.1, -0.05) is 60.7 Å². The van der Waals surface area contributed by atoms with E-state index in [1.165, 1.54) is 0 Å². The number of allylic oxidation sites excluding steroid dienone is 2. The molecule has 1 unspecified atom stereocenters. The number of rotatable bonds is 4. The fraction of sp³-hybridized carbons (Fsp3) is 0.174. The average molecular weight is 386 g/mol. The molecule has 0 spiro atoms. The molecule has 1 heterocycles. The molecule has 146 valence electrons. The Morgan fingerprint density at radius 2 is 1.66 bits per heavy atom. The molecular weight excluding hydrogens is 364 g/mol. The van der Waals surface area contributed by atoms with Gasteiger partial charge in [-0.25, -0.2) is 4.68 Å². The van der Waals surface area contributed by atoms with Gasteiger partial charge >= 0.3 is 0 Å². The lowest BCUT2D eigenvalue weighted by atomic mass is 9.94. The molecule has 1 atom stereocenters. The summed E-state index contributed by atoms with van der Waals surface area (Å²) in [6.07, 6.45) is 8.14. The summed E-state index contributed by atoms with van der Waals surface area (Å²) in [6.45, 7) is 0. The Bertz CT molecular complexity index is 1030. The van der Waals surface area contributed by atoms with Crippen LogP contribution in [-0.2, 0) is 4.79 Å². The summed E-state index contributed by atoms with van der Waals surface area (Å²) in [7, 11) is 0. The van der Waals surface area contributed by atoms with Crippen molar-refractivity contribution in [2.45, 2.75) is 19.3 Å². The van der Waals surface area contributed by atoms with E-state index < -0.39 is 5.91 Å². The largest absolute Gasteiger partial charge is 0.273 e. The number of para-hydroxylation sites is 1. The highest BCUT2D eigenvalue weighted by atomic mass is 16.2. The first-order chi connectivity index (χ1) is 14.2.